The van der Waals surface area contributed by atoms with Gasteiger partial charge in [-0.2, -0.15) is 4.98 Å². The van der Waals surface area contributed by atoms with Crippen LogP contribution in [0.3, 0.4) is 0 Å². The Balaban J connectivity index is 1.49. The normalized spacial score (nSPS) is 23.7. The average molecular weight is 639 g/mol. The summed E-state index contributed by atoms with van der Waals surface area (Å²) in [5.74, 6) is 1.75. The fourth-order valence-electron chi connectivity index (χ4n) is 4.06. The molecule has 6 N–H and O–H groups in total. The Morgan fingerprint density at radius 1 is 1.40 bits per heavy atom. The van der Waals surface area contributed by atoms with Gasteiger partial charge in [0.15, 0.2) is 22.5 Å². The monoisotopic (exact) mass is 638 g/mol. The largest absolute Gasteiger partial charge is 0.405 e. The molecule has 5 atom stereocenters. The van der Waals surface area contributed by atoms with Crippen LogP contribution in [0.2, 0.25) is 0 Å². The van der Waals surface area contributed by atoms with E-state index in [1.807, 2.05) is 12.0 Å². The van der Waals surface area contributed by atoms with E-state index in [1.54, 1.807) is 38.1 Å². The number of nitrogen functional groups attached to an aromatic ring is 1. The number of nitrogens with zero attached hydrogens (tertiary/aromatic N) is 3. The first-order valence-corrected chi connectivity index (χ1v) is 15.5. The minimum absolute atomic E-state index is 0.0680. The van der Waals surface area contributed by atoms with Gasteiger partial charge in [-0.25, -0.2) is 19.0 Å². The maximum absolute atomic E-state index is 16.1. The minimum Gasteiger partial charge on any atom is -0.395 e. The van der Waals surface area contributed by atoms with Crippen molar-refractivity contribution in [3.05, 3.63) is 52.6 Å². The maximum Gasteiger partial charge on any atom is 0.405 e. The number of fused-ring (bicyclic) bond motifs is 1. The lowest BCUT2D eigenvalue weighted by molar-refractivity contribution is -0.119. The number of anilines is 1. The van der Waals surface area contributed by atoms with Crippen LogP contribution in [0.15, 0.2) is 41.5 Å². The number of benzene rings is 1. The number of ether oxygens (including phenoxy) is 1. The molecular formula is C26H32FN6O8PS. The number of aliphatic hydroxyl groups excluding tert-OH is 2. The number of halogens is 1. The molecule has 232 valence electrons. The molecular weight excluding hydrogens is 606 g/mol. The molecule has 1 aliphatic heterocycles. The van der Waals surface area contributed by atoms with E-state index in [2.05, 4.69) is 20.0 Å². The third-order valence-corrected chi connectivity index (χ3v) is 9.37. The average Bonchev–Trinajstić information content (AvgIpc) is 3.52. The van der Waals surface area contributed by atoms with Crippen molar-refractivity contribution in [2.45, 2.75) is 44.5 Å². The summed E-state index contributed by atoms with van der Waals surface area (Å²) in [6.07, 6.45) is 1.44. The van der Waals surface area contributed by atoms with Crippen LogP contribution in [0.1, 0.15) is 25.6 Å². The Morgan fingerprint density at radius 3 is 2.79 bits per heavy atom. The van der Waals surface area contributed by atoms with Crippen LogP contribution >= 0.6 is 19.5 Å². The van der Waals surface area contributed by atoms with E-state index in [9.17, 15) is 24.4 Å². The van der Waals surface area contributed by atoms with Crippen LogP contribution in [-0.4, -0.2) is 78.3 Å². The number of hydrogen-bond acceptors (Lipinski definition) is 12. The van der Waals surface area contributed by atoms with Gasteiger partial charge in [-0.3, -0.25) is 28.2 Å². The van der Waals surface area contributed by atoms with E-state index in [0.717, 1.165) is 28.2 Å². The van der Waals surface area contributed by atoms with Gasteiger partial charge in [-0.1, -0.05) is 48.0 Å². The zero-order valence-electron chi connectivity index (χ0n) is 23.3. The molecule has 0 bridgehead atoms. The summed E-state index contributed by atoms with van der Waals surface area (Å²) in [5, 5.41) is 22.7. The number of H-pyrrole nitrogens is 1. The number of carbonyl (C=O) groups is 1. The van der Waals surface area contributed by atoms with Crippen LogP contribution in [0.4, 0.5) is 10.3 Å². The Bertz CT molecular complexity index is 1600. The third-order valence-electron chi connectivity index (χ3n) is 6.62. The first-order chi connectivity index (χ1) is 20.3. The second-order valence-corrected chi connectivity index (χ2v) is 13.2. The van der Waals surface area contributed by atoms with Crippen LogP contribution in [-0.2, 0) is 29.7 Å². The zero-order chi connectivity index (χ0) is 31.4. The van der Waals surface area contributed by atoms with Crippen LogP contribution in [0.5, 0.6) is 0 Å². The lowest BCUT2D eigenvalue weighted by Gasteiger charge is -2.24. The van der Waals surface area contributed by atoms with E-state index >= 15 is 4.39 Å². The lowest BCUT2D eigenvalue weighted by Crippen LogP contribution is -2.42. The highest BCUT2D eigenvalue weighted by molar-refractivity contribution is 8.13. The SMILES string of the molecule is C#CC1(F)[C@@H](O)[C@@H](COP(=O)(NCc2ccccc2)OCCSC(=O)C(C)(C)CO)O[C@H]1n1cnc2c(=O)[nH]c(N)nc21. The fraction of sp³-hybridized carbons (Fsp3) is 0.462. The molecule has 1 aliphatic rings. The number of hydrogen-bond donors (Lipinski definition) is 5. The van der Waals surface area contributed by atoms with Gasteiger partial charge in [-0.05, 0) is 19.4 Å². The first-order valence-electron chi connectivity index (χ1n) is 13.0. The smallest absolute Gasteiger partial charge is 0.395 e. The summed E-state index contributed by atoms with van der Waals surface area (Å²) in [4.78, 5) is 34.7. The predicted molar refractivity (Wildman–Crippen MR) is 156 cm³/mol. The van der Waals surface area contributed by atoms with E-state index < -0.39 is 49.4 Å². The molecule has 0 radical (unpaired) electrons. The number of imidazole rings is 1. The first kappa shape index (κ1) is 32.8. The van der Waals surface area contributed by atoms with Crippen molar-refractivity contribution >= 4 is 41.7 Å². The van der Waals surface area contributed by atoms with Crippen molar-refractivity contribution < 1.29 is 37.7 Å². The molecule has 1 fully saturated rings. The van der Waals surface area contributed by atoms with Gasteiger partial charge in [0.05, 0.1) is 31.6 Å². The summed E-state index contributed by atoms with van der Waals surface area (Å²) < 4.78 is 47.7. The number of aromatic amines is 1. The second kappa shape index (κ2) is 13.2. The number of aliphatic hydroxyl groups is 2. The second-order valence-electron chi connectivity index (χ2n) is 10.3. The van der Waals surface area contributed by atoms with Crippen molar-refractivity contribution in [2.24, 2.45) is 5.41 Å². The lowest BCUT2D eigenvalue weighted by atomic mass is 9.97. The number of carbonyl (C=O) groups excluding carboxylic acids is 1. The van der Waals surface area contributed by atoms with E-state index in [-0.39, 0.29) is 47.7 Å². The van der Waals surface area contributed by atoms with Crippen LogP contribution in [0.25, 0.3) is 11.2 Å². The molecule has 17 heteroatoms. The van der Waals surface area contributed by atoms with Crippen molar-refractivity contribution in [3.8, 4) is 12.3 Å². The highest BCUT2D eigenvalue weighted by Crippen LogP contribution is 2.47. The van der Waals surface area contributed by atoms with Gasteiger partial charge >= 0.3 is 7.75 Å². The highest BCUT2D eigenvalue weighted by atomic mass is 32.2. The van der Waals surface area contributed by atoms with Crippen molar-refractivity contribution in [1.82, 2.24) is 24.6 Å². The number of aromatic nitrogens is 4. The molecule has 0 amide bonds. The molecule has 3 heterocycles. The zero-order valence-corrected chi connectivity index (χ0v) is 25.0. The maximum atomic E-state index is 16.1. The molecule has 43 heavy (non-hydrogen) atoms. The Morgan fingerprint density at radius 2 is 2.12 bits per heavy atom. The van der Waals surface area contributed by atoms with Crippen molar-refractivity contribution in [1.29, 1.82) is 0 Å². The standard InChI is InChI=1S/C26H32FN6O8PS/c1-4-26(27)19(35)17(41-22(26)33-15-29-18-20(33)31-24(28)32-21(18)36)13-40-42(38,30-12-16-8-6-5-7-9-16)39-10-11-43-23(37)25(2,3)14-34/h1,5-9,15,17,19,22,34-35H,10-14H2,2-3H3,(H,30,38)(H3,28,31,32,36)/t17-,19+,22-,26?,42?/m1/s1. The fourth-order valence-corrected chi connectivity index (χ4v) is 6.30. The third kappa shape index (κ3) is 7.17. The van der Waals surface area contributed by atoms with Crippen molar-refractivity contribution in [3.63, 3.8) is 0 Å². The molecule has 0 saturated carbocycles. The predicted octanol–water partition coefficient (Wildman–Crippen LogP) is 1.51. The van der Waals surface area contributed by atoms with E-state index in [4.69, 9.17) is 25.9 Å². The molecule has 2 aromatic heterocycles. The number of alkyl halides is 1. The molecule has 0 aliphatic carbocycles. The molecule has 0 spiro atoms. The Kier molecular flexibility index (Phi) is 10.1. The summed E-state index contributed by atoms with van der Waals surface area (Å²) in [6, 6.07) is 8.94. The Labute approximate surface area is 250 Å². The van der Waals surface area contributed by atoms with Gasteiger partial charge in [0.2, 0.25) is 11.6 Å². The van der Waals surface area contributed by atoms with Crippen molar-refractivity contribution in [2.75, 3.05) is 31.3 Å². The van der Waals surface area contributed by atoms with Gasteiger partial charge in [-0.15, -0.1) is 6.42 Å². The van der Waals surface area contributed by atoms with E-state index in [0.29, 0.717) is 0 Å². The highest BCUT2D eigenvalue weighted by Gasteiger charge is 2.58. The molecule has 1 aromatic carbocycles. The summed E-state index contributed by atoms with van der Waals surface area (Å²) >= 11 is 0.898. The molecule has 1 saturated heterocycles. The number of nitrogens with two attached hydrogens (primary N) is 1. The van der Waals surface area contributed by atoms with Gasteiger partial charge in [0, 0.05) is 12.3 Å². The van der Waals surface area contributed by atoms with Crippen LogP contribution < -0.4 is 16.4 Å². The van der Waals surface area contributed by atoms with E-state index in [1.165, 1.54) is 0 Å². The summed E-state index contributed by atoms with van der Waals surface area (Å²) in [7, 11) is -4.14. The minimum atomic E-state index is -4.14. The quantitative estimate of drug-likeness (QED) is 0.102. The van der Waals surface area contributed by atoms with Gasteiger partial charge < -0.3 is 20.7 Å². The number of terminal acetylenes is 1. The topological polar surface area (TPSA) is 204 Å². The number of rotatable bonds is 13. The van der Waals surface area contributed by atoms with Gasteiger partial charge in [0.25, 0.3) is 5.56 Å². The van der Waals surface area contributed by atoms with Gasteiger partial charge in [0.1, 0.15) is 12.2 Å². The molecule has 14 nitrogen and oxygen atoms in total. The summed E-state index contributed by atoms with van der Waals surface area (Å²) in [6.45, 7) is 2.10. The summed E-state index contributed by atoms with van der Waals surface area (Å²) in [5.41, 5.74) is 1.62. The molecule has 2 unspecified atom stereocenters. The number of nitrogens with one attached hydrogen (secondary N) is 2. The molecule has 3 aromatic rings. The Hall–Kier alpha value is -3.13. The van der Waals surface area contributed by atoms with Crippen LogP contribution in [0, 0.1) is 17.8 Å². The molecule has 4 rings (SSSR count). The number of thioether (sulfide) groups is 1.